The van der Waals surface area contributed by atoms with Crippen molar-refractivity contribution in [3.63, 3.8) is 0 Å². The second kappa shape index (κ2) is 8.74. The number of hydrazone groups is 1. The number of nitrogens with zero attached hydrogens (tertiary/aromatic N) is 5. The van der Waals surface area contributed by atoms with Crippen LogP contribution in [0.2, 0.25) is 0 Å². The number of rotatable bonds is 2. The Balaban J connectivity index is 0.00000242. The van der Waals surface area contributed by atoms with Crippen molar-refractivity contribution in [2.24, 2.45) is 5.10 Å². The van der Waals surface area contributed by atoms with E-state index in [9.17, 15) is 0 Å². The van der Waals surface area contributed by atoms with Crippen molar-refractivity contribution in [3.05, 3.63) is 104 Å². The van der Waals surface area contributed by atoms with E-state index in [0.717, 1.165) is 33.8 Å². The molecule has 1 aromatic heterocycles. The third kappa shape index (κ3) is 3.32. The first-order chi connectivity index (χ1) is 18.3. The van der Waals surface area contributed by atoms with Gasteiger partial charge in [-0.1, -0.05) is 93.1 Å². The molecule has 4 aromatic carbocycles. The van der Waals surface area contributed by atoms with Gasteiger partial charge in [-0.2, -0.15) is 6.07 Å². The summed E-state index contributed by atoms with van der Waals surface area (Å²) in [7, 11) is 1.91. The molecule has 186 valence electrons. The van der Waals surface area contributed by atoms with Crippen LogP contribution in [-0.2, 0) is 21.1 Å². The number of hydrogen-bond acceptors (Lipinski definition) is 6. The molecule has 0 atom stereocenters. The van der Waals surface area contributed by atoms with E-state index in [1.165, 1.54) is 22.1 Å². The van der Waals surface area contributed by atoms with Gasteiger partial charge >= 0.3 is 6.85 Å². The van der Waals surface area contributed by atoms with Crippen LogP contribution in [0.1, 0.15) is 0 Å². The van der Waals surface area contributed by atoms with Crippen LogP contribution in [0.5, 0.6) is 0 Å². The van der Waals surface area contributed by atoms with E-state index in [1.807, 2.05) is 24.7 Å². The Bertz CT molecular complexity index is 1720. The van der Waals surface area contributed by atoms with Crippen molar-refractivity contribution in [2.75, 3.05) is 16.8 Å². The average molecular weight is 671 g/mol. The molecule has 0 fully saturated rings. The van der Waals surface area contributed by atoms with Gasteiger partial charge in [0, 0.05) is 21.1 Å². The molecule has 0 radical (unpaired) electrons. The summed E-state index contributed by atoms with van der Waals surface area (Å²) in [6.45, 7) is 1.92. The van der Waals surface area contributed by atoms with Crippen LogP contribution >= 0.6 is 0 Å². The van der Waals surface area contributed by atoms with Gasteiger partial charge in [0.15, 0.2) is 0 Å². The molecule has 4 heterocycles. The van der Waals surface area contributed by atoms with E-state index in [2.05, 4.69) is 93.8 Å². The number of hydrogen-bond donors (Lipinski definition) is 0. The Labute approximate surface area is 235 Å². The molecule has 38 heavy (non-hydrogen) atoms. The van der Waals surface area contributed by atoms with Crippen molar-refractivity contribution >= 4 is 41.2 Å². The standard InChI is InChI=1S/C30H19BN5O.Pt/c1-34-19-35(18-33-34)21-11-13-25-23-7-3-5-9-27(23)31-26-8-4-2-6-22(26)24-12-10-20(30-32-14-15-37-30)16-28(24)36(31)29(25)17-21;/h2-15,18-19H,1H3;/q-3;. The Morgan fingerprint density at radius 2 is 1.50 bits per heavy atom. The van der Waals surface area contributed by atoms with Crippen LogP contribution in [0, 0.1) is 18.8 Å². The van der Waals surface area contributed by atoms with Gasteiger partial charge in [0.1, 0.15) is 5.89 Å². The largest absolute Gasteiger partial charge is 0.489 e. The smallest absolute Gasteiger partial charge is 0.324 e. The monoisotopic (exact) mass is 671 g/mol. The van der Waals surface area contributed by atoms with Gasteiger partial charge in [0.05, 0.1) is 18.8 Å². The molecule has 0 saturated heterocycles. The summed E-state index contributed by atoms with van der Waals surface area (Å²) in [5.74, 6) is 0.555. The van der Waals surface area contributed by atoms with Crippen molar-refractivity contribution in [2.45, 2.75) is 0 Å². The predicted molar refractivity (Wildman–Crippen MR) is 147 cm³/mol. The molecule has 0 saturated carbocycles. The quantitative estimate of drug-likeness (QED) is 0.202. The van der Waals surface area contributed by atoms with Crippen LogP contribution in [0.3, 0.4) is 0 Å². The van der Waals surface area contributed by atoms with E-state index in [1.54, 1.807) is 23.8 Å². The average Bonchev–Trinajstić information content (AvgIpc) is 3.65. The van der Waals surface area contributed by atoms with E-state index >= 15 is 0 Å². The Morgan fingerprint density at radius 3 is 2.16 bits per heavy atom. The van der Waals surface area contributed by atoms with E-state index in [-0.39, 0.29) is 27.9 Å². The van der Waals surface area contributed by atoms with Crippen molar-refractivity contribution in [1.29, 1.82) is 0 Å². The first kappa shape index (κ1) is 23.1. The first-order valence-electron chi connectivity index (χ1n) is 12.2. The maximum Gasteiger partial charge on any atom is 0.324 e. The molecule has 0 bridgehead atoms. The minimum Gasteiger partial charge on any atom is -0.489 e. The van der Waals surface area contributed by atoms with Gasteiger partial charge in [0.25, 0.3) is 0 Å². The second-order valence-corrected chi connectivity index (χ2v) is 9.35. The Hall–Kier alpha value is -4.09. The molecule has 0 aliphatic carbocycles. The molecule has 3 aliphatic rings. The van der Waals surface area contributed by atoms with Gasteiger partial charge in [-0.3, -0.25) is 4.98 Å². The third-order valence-corrected chi connectivity index (χ3v) is 7.26. The Morgan fingerprint density at radius 1 is 0.816 bits per heavy atom. The van der Waals surface area contributed by atoms with Crippen molar-refractivity contribution in [3.8, 4) is 33.7 Å². The van der Waals surface area contributed by atoms with E-state index in [4.69, 9.17) is 4.42 Å². The molecule has 6 nitrogen and oxygen atoms in total. The fourth-order valence-corrected chi connectivity index (χ4v) is 5.68. The van der Waals surface area contributed by atoms with E-state index in [0.29, 0.717) is 5.89 Å². The summed E-state index contributed by atoms with van der Waals surface area (Å²) < 4.78 is 5.64. The Kier molecular flexibility index (Phi) is 5.31. The predicted octanol–water partition coefficient (Wildman–Crippen LogP) is 4.66. The normalized spacial score (nSPS) is 14.3. The summed E-state index contributed by atoms with van der Waals surface area (Å²) in [4.78, 5) is 8.75. The van der Waals surface area contributed by atoms with Crippen molar-refractivity contribution in [1.82, 2.24) is 9.99 Å². The van der Waals surface area contributed by atoms with Crippen LogP contribution < -0.4 is 20.6 Å². The zero-order valence-electron chi connectivity index (χ0n) is 20.3. The molecule has 0 spiro atoms. The number of oxazole rings is 1. The topological polar surface area (TPSA) is 48.1 Å². The molecule has 8 heteroatoms. The van der Waals surface area contributed by atoms with Crippen LogP contribution in [0.15, 0.2) is 94.8 Å². The maximum atomic E-state index is 5.64. The maximum absolute atomic E-state index is 5.64. The van der Waals surface area contributed by atoms with Crippen LogP contribution in [-0.4, -0.2) is 30.2 Å². The third-order valence-electron chi connectivity index (χ3n) is 7.26. The van der Waals surface area contributed by atoms with Gasteiger partial charge in [-0.25, -0.2) is 5.10 Å². The molecular formula is C30H19BN5OPt-3. The first-order valence-corrected chi connectivity index (χ1v) is 12.2. The summed E-state index contributed by atoms with van der Waals surface area (Å²) in [6.07, 6.45) is 5.06. The number of fused-ring (bicyclic) bond motifs is 11. The minimum atomic E-state index is -0.0196. The van der Waals surface area contributed by atoms with E-state index < -0.39 is 0 Å². The van der Waals surface area contributed by atoms with Crippen LogP contribution in [0.25, 0.3) is 33.7 Å². The molecule has 0 amide bonds. The molecule has 3 aliphatic heterocycles. The summed E-state index contributed by atoms with van der Waals surface area (Å²) in [5, 5.41) is 6.14. The molecule has 8 rings (SSSR count). The second-order valence-electron chi connectivity index (χ2n) is 9.35. The van der Waals surface area contributed by atoms with Gasteiger partial charge in [0.2, 0.25) is 0 Å². The number of anilines is 3. The van der Waals surface area contributed by atoms with Gasteiger partial charge in [-0.05, 0) is 7.05 Å². The minimum absolute atomic E-state index is 0. The van der Waals surface area contributed by atoms with Crippen molar-refractivity contribution < 1.29 is 25.5 Å². The zero-order chi connectivity index (χ0) is 24.5. The SMILES string of the molecule is CN1[CH-]N(c2[c-]c3c(cc2)-c2ccccc2B2c4ccccc4-c4ccc(-c5ncco5)[c-]c4N23)C=N1.[Pt]. The molecule has 0 N–H and O–H groups in total. The summed E-state index contributed by atoms with van der Waals surface area (Å²) in [5.41, 5.74) is 11.0. The van der Waals surface area contributed by atoms with Gasteiger partial charge in [-0.15, -0.1) is 48.3 Å². The fraction of sp³-hybridized carbons (Fsp3) is 0.0333. The fourth-order valence-electron chi connectivity index (χ4n) is 5.68. The number of benzene rings is 4. The summed E-state index contributed by atoms with van der Waals surface area (Å²) in [6, 6.07) is 33.2. The molecular weight excluding hydrogens is 652 g/mol. The zero-order valence-corrected chi connectivity index (χ0v) is 22.5. The summed E-state index contributed by atoms with van der Waals surface area (Å²) >= 11 is 0. The van der Waals surface area contributed by atoms with Crippen LogP contribution in [0.4, 0.5) is 17.1 Å². The van der Waals surface area contributed by atoms with Gasteiger partial charge < -0.3 is 19.1 Å². The number of aromatic nitrogens is 1. The molecule has 5 aromatic rings. The molecule has 0 unspecified atom stereocenters.